The van der Waals surface area contributed by atoms with Crippen LogP contribution >= 0.6 is 11.6 Å². The van der Waals surface area contributed by atoms with E-state index in [4.69, 9.17) is 11.6 Å². The number of benzene rings is 4. The highest BCUT2D eigenvalue weighted by molar-refractivity contribution is 6.30. The molecule has 2 heteroatoms. The molecule has 36 heavy (non-hydrogen) atoms. The Morgan fingerprint density at radius 3 is 1.86 bits per heavy atom. The van der Waals surface area contributed by atoms with Crippen molar-refractivity contribution in [2.24, 2.45) is 0 Å². The summed E-state index contributed by atoms with van der Waals surface area (Å²) in [6.45, 7) is 0. The van der Waals surface area contributed by atoms with E-state index in [2.05, 4.69) is 114 Å². The largest absolute Gasteiger partial charge is 0.353 e. The summed E-state index contributed by atoms with van der Waals surface area (Å²) >= 11 is 6.37. The monoisotopic (exact) mass is 487 g/mol. The number of fused-ring (bicyclic) bond motifs is 1. The first-order valence-corrected chi connectivity index (χ1v) is 13.3. The average Bonchev–Trinajstić information content (AvgIpc) is 3.07. The number of hydrogen-bond donors (Lipinski definition) is 0. The zero-order valence-electron chi connectivity index (χ0n) is 20.4. The third-order valence-electron chi connectivity index (χ3n) is 7.49. The standard InChI is InChI=1S/C34H30ClN/c35-28-23-21-27(22-24-28)34-33(32(25-13-5-1-6-14-25)26-15-7-2-8-16-26)30-19-11-4-12-20-31(30)36(34)29-17-9-3-10-18-29/h1-3,5-10,13-19,21-24,31,34H,4,11-12,20H2. The van der Waals surface area contributed by atoms with Crippen molar-refractivity contribution in [3.05, 3.63) is 154 Å². The lowest BCUT2D eigenvalue weighted by atomic mass is 9.84. The molecule has 1 aliphatic heterocycles. The van der Waals surface area contributed by atoms with Gasteiger partial charge in [-0.1, -0.05) is 115 Å². The van der Waals surface area contributed by atoms with Crippen LogP contribution in [0.15, 0.2) is 132 Å². The molecule has 2 atom stereocenters. The molecular weight excluding hydrogens is 458 g/mol. The Bertz CT molecular complexity index is 1330. The summed E-state index contributed by atoms with van der Waals surface area (Å²) < 4.78 is 0. The number of hydrogen-bond acceptors (Lipinski definition) is 1. The van der Waals surface area contributed by atoms with Gasteiger partial charge in [0.05, 0.1) is 12.1 Å². The first-order chi connectivity index (χ1) is 17.8. The normalized spacial score (nSPS) is 19.4. The van der Waals surface area contributed by atoms with Gasteiger partial charge in [-0.25, -0.2) is 0 Å². The summed E-state index contributed by atoms with van der Waals surface area (Å²) in [4.78, 5) is 2.67. The molecule has 0 bridgehead atoms. The number of nitrogens with zero attached hydrogens (tertiary/aromatic N) is 1. The fraction of sp³-hybridized carbons (Fsp3) is 0.176. The first kappa shape index (κ1) is 22.9. The van der Waals surface area contributed by atoms with E-state index >= 15 is 0 Å². The van der Waals surface area contributed by atoms with Crippen LogP contribution in [-0.4, -0.2) is 6.04 Å². The summed E-state index contributed by atoms with van der Waals surface area (Å²) in [6.07, 6.45) is 7.30. The van der Waals surface area contributed by atoms with E-state index in [0.717, 1.165) is 17.9 Å². The molecule has 1 fully saturated rings. The molecule has 4 aromatic carbocycles. The van der Waals surface area contributed by atoms with Crippen LogP contribution in [0.5, 0.6) is 0 Å². The molecule has 0 aromatic heterocycles. The van der Waals surface area contributed by atoms with Crippen molar-refractivity contribution in [1.82, 2.24) is 0 Å². The third-order valence-corrected chi connectivity index (χ3v) is 7.74. The van der Waals surface area contributed by atoms with Crippen LogP contribution in [0.3, 0.4) is 0 Å². The van der Waals surface area contributed by atoms with Gasteiger partial charge in [0.1, 0.15) is 0 Å². The Labute approximate surface area is 219 Å². The molecule has 0 spiro atoms. The van der Waals surface area contributed by atoms with Crippen molar-refractivity contribution in [3.63, 3.8) is 0 Å². The van der Waals surface area contributed by atoms with Crippen LogP contribution in [-0.2, 0) is 0 Å². The van der Waals surface area contributed by atoms with Gasteiger partial charge in [0.2, 0.25) is 0 Å². The van der Waals surface area contributed by atoms with Gasteiger partial charge in [0.25, 0.3) is 0 Å². The molecule has 1 heterocycles. The summed E-state index contributed by atoms with van der Waals surface area (Å²) in [7, 11) is 0. The minimum absolute atomic E-state index is 0.0921. The maximum absolute atomic E-state index is 6.37. The number of allylic oxidation sites excluding steroid dienone is 1. The Kier molecular flexibility index (Phi) is 6.49. The first-order valence-electron chi connectivity index (χ1n) is 13.0. The van der Waals surface area contributed by atoms with E-state index in [1.54, 1.807) is 0 Å². The van der Waals surface area contributed by atoms with Gasteiger partial charge < -0.3 is 4.90 Å². The maximum Gasteiger partial charge on any atom is 0.0811 e. The van der Waals surface area contributed by atoms with Crippen molar-refractivity contribution in [3.8, 4) is 0 Å². The fourth-order valence-electron chi connectivity index (χ4n) is 5.96. The van der Waals surface area contributed by atoms with E-state index in [-0.39, 0.29) is 6.04 Å². The summed E-state index contributed by atoms with van der Waals surface area (Å²) in [5, 5.41) is 0.772. The fourth-order valence-corrected chi connectivity index (χ4v) is 6.08. The van der Waals surface area contributed by atoms with Gasteiger partial charge >= 0.3 is 0 Å². The molecule has 1 aliphatic carbocycles. The molecule has 2 aliphatic rings. The lowest BCUT2D eigenvalue weighted by Crippen LogP contribution is -2.32. The summed E-state index contributed by atoms with van der Waals surface area (Å²) in [5.41, 5.74) is 9.30. The van der Waals surface area contributed by atoms with Crippen LogP contribution in [0.2, 0.25) is 5.02 Å². The van der Waals surface area contributed by atoms with E-state index < -0.39 is 0 Å². The molecular formula is C34H30ClN. The van der Waals surface area contributed by atoms with Gasteiger partial charge in [-0.3, -0.25) is 0 Å². The van der Waals surface area contributed by atoms with Crippen molar-refractivity contribution < 1.29 is 0 Å². The Hall–Kier alpha value is -3.55. The predicted molar refractivity (Wildman–Crippen MR) is 152 cm³/mol. The van der Waals surface area contributed by atoms with Crippen molar-refractivity contribution >= 4 is 22.9 Å². The van der Waals surface area contributed by atoms with Gasteiger partial charge in [-0.2, -0.15) is 0 Å². The lowest BCUT2D eigenvalue weighted by molar-refractivity contribution is 0.602. The van der Waals surface area contributed by atoms with Crippen LogP contribution in [0, 0.1) is 0 Å². The minimum atomic E-state index is 0.0921. The van der Waals surface area contributed by atoms with E-state index in [1.165, 1.54) is 51.9 Å². The molecule has 1 nitrogen and oxygen atoms in total. The van der Waals surface area contributed by atoms with Crippen molar-refractivity contribution in [1.29, 1.82) is 0 Å². The van der Waals surface area contributed by atoms with Gasteiger partial charge in [0.15, 0.2) is 0 Å². The van der Waals surface area contributed by atoms with Crippen molar-refractivity contribution in [2.45, 2.75) is 37.8 Å². The molecule has 0 amide bonds. The zero-order chi connectivity index (χ0) is 24.3. The molecule has 6 rings (SSSR count). The summed E-state index contributed by atoms with van der Waals surface area (Å²) in [5.74, 6) is 0. The second-order valence-corrected chi connectivity index (χ2v) is 10.1. The highest BCUT2D eigenvalue weighted by atomic mass is 35.5. The van der Waals surface area contributed by atoms with Gasteiger partial charge in [-0.05, 0) is 76.9 Å². The van der Waals surface area contributed by atoms with Gasteiger partial charge in [-0.15, -0.1) is 0 Å². The van der Waals surface area contributed by atoms with Crippen LogP contribution in [0.1, 0.15) is 48.4 Å². The SMILES string of the molecule is Clc1ccc(C2C(=C(c3ccccc3)c3ccccc3)C3=CCCCCC3N2c2ccccc2)cc1. The highest BCUT2D eigenvalue weighted by Crippen LogP contribution is 2.52. The molecule has 0 saturated carbocycles. The third kappa shape index (κ3) is 4.29. The number of rotatable bonds is 4. The quantitative estimate of drug-likeness (QED) is 0.277. The average molecular weight is 488 g/mol. The number of para-hydroxylation sites is 1. The minimum Gasteiger partial charge on any atom is -0.353 e. The van der Waals surface area contributed by atoms with Crippen molar-refractivity contribution in [2.75, 3.05) is 4.90 Å². The van der Waals surface area contributed by atoms with E-state index in [9.17, 15) is 0 Å². The Morgan fingerprint density at radius 2 is 1.25 bits per heavy atom. The molecule has 2 unspecified atom stereocenters. The molecule has 4 aromatic rings. The van der Waals surface area contributed by atoms with E-state index in [1.807, 2.05) is 12.1 Å². The predicted octanol–water partition coefficient (Wildman–Crippen LogP) is 9.27. The zero-order valence-corrected chi connectivity index (χ0v) is 21.1. The highest BCUT2D eigenvalue weighted by Gasteiger charge is 2.43. The molecule has 0 N–H and O–H groups in total. The van der Waals surface area contributed by atoms with Crippen LogP contribution in [0.25, 0.3) is 5.57 Å². The maximum atomic E-state index is 6.37. The molecule has 1 saturated heterocycles. The number of halogens is 1. The van der Waals surface area contributed by atoms with Gasteiger partial charge in [0, 0.05) is 10.7 Å². The van der Waals surface area contributed by atoms with Crippen LogP contribution < -0.4 is 4.90 Å². The second kappa shape index (κ2) is 10.2. The molecule has 0 radical (unpaired) electrons. The summed E-state index contributed by atoms with van der Waals surface area (Å²) in [6, 6.07) is 41.7. The Morgan fingerprint density at radius 1 is 0.667 bits per heavy atom. The number of anilines is 1. The smallest absolute Gasteiger partial charge is 0.0811 e. The van der Waals surface area contributed by atoms with Crippen LogP contribution in [0.4, 0.5) is 5.69 Å². The van der Waals surface area contributed by atoms with E-state index in [0.29, 0.717) is 6.04 Å². The topological polar surface area (TPSA) is 3.24 Å². The second-order valence-electron chi connectivity index (χ2n) is 9.68. The lowest BCUT2D eigenvalue weighted by Gasteiger charge is -2.33. The molecule has 178 valence electrons. The Balaban J connectivity index is 1.70.